The molecule has 0 aliphatic heterocycles. The maximum atomic E-state index is 6.43. The minimum absolute atomic E-state index is 0.744. The molecule has 0 aliphatic rings. The van der Waals surface area contributed by atoms with Gasteiger partial charge in [-0.1, -0.05) is 54.6 Å². The minimum atomic E-state index is 0.744. The Bertz CT molecular complexity index is 2330. The van der Waals surface area contributed by atoms with Crippen LogP contribution >= 0.6 is 0 Å². The maximum Gasteiger partial charge on any atom is 0.161 e. The Morgan fingerprint density at radius 1 is 0.432 bits per heavy atom. The van der Waals surface area contributed by atoms with Gasteiger partial charge in [0, 0.05) is 52.3 Å². The van der Waals surface area contributed by atoms with Gasteiger partial charge in [-0.2, -0.15) is 0 Å². The van der Waals surface area contributed by atoms with E-state index in [0.29, 0.717) is 0 Å². The smallest absolute Gasteiger partial charge is 0.161 e. The third-order valence-corrected chi connectivity index (χ3v) is 8.15. The molecule has 44 heavy (non-hydrogen) atoms. The lowest BCUT2D eigenvalue weighted by Gasteiger charge is -2.07. The van der Waals surface area contributed by atoms with Crippen molar-refractivity contribution in [3.63, 3.8) is 0 Å². The summed E-state index contributed by atoms with van der Waals surface area (Å²) >= 11 is 0. The van der Waals surface area contributed by atoms with Crippen LogP contribution in [-0.2, 0) is 0 Å². The van der Waals surface area contributed by atoms with Crippen LogP contribution in [0.1, 0.15) is 0 Å². The molecule has 4 aromatic carbocycles. The average Bonchev–Trinajstić information content (AvgIpc) is 3.67. The SMILES string of the molecule is c1ccc(-c2ccc3oc4c(-c5cccc(-c6ccnc7c6oc6ccc(-c8cnccn8)cc67)c5)ccnc4c3c2)cc1. The molecule has 9 aromatic rings. The van der Waals surface area contributed by atoms with E-state index in [1.165, 1.54) is 0 Å². The van der Waals surface area contributed by atoms with Gasteiger partial charge in [0.1, 0.15) is 22.2 Å². The number of benzene rings is 4. The second-order valence-electron chi connectivity index (χ2n) is 10.7. The first-order chi connectivity index (χ1) is 21.8. The lowest BCUT2D eigenvalue weighted by Crippen LogP contribution is -1.85. The number of hydrogen-bond acceptors (Lipinski definition) is 6. The molecule has 0 N–H and O–H groups in total. The first-order valence-electron chi connectivity index (χ1n) is 14.4. The molecule has 0 aliphatic carbocycles. The summed E-state index contributed by atoms with van der Waals surface area (Å²) in [6, 6.07) is 35.1. The Kier molecular flexibility index (Phi) is 5.40. The molecule has 0 spiro atoms. The Hall–Kier alpha value is -6.14. The van der Waals surface area contributed by atoms with E-state index in [-0.39, 0.29) is 0 Å². The van der Waals surface area contributed by atoms with Crippen molar-refractivity contribution in [2.45, 2.75) is 0 Å². The fraction of sp³-hybridized carbons (Fsp3) is 0. The van der Waals surface area contributed by atoms with Crippen molar-refractivity contribution in [2.75, 3.05) is 0 Å². The number of hydrogen-bond donors (Lipinski definition) is 0. The van der Waals surface area contributed by atoms with Crippen molar-refractivity contribution < 1.29 is 8.83 Å². The quantitative estimate of drug-likeness (QED) is 0.211. The Labute approximate surface area is 251 Å². The van der Waals surface area contributed by atoms with E-state index in [0.717, 1.165) is 88.8 Å². The number of pyridine rings is 2. The van der Waals surface area contributed by atoms with E-state index in [1.54, 1.807) is 18.6 Å². The van der Waals surface area contributed by atoms with Crippen molar-refractivity contribution in [2.24, 2.45) is 0 Å². The molecule has 0 fully saturated rings. The molecule has 0 saturated carbocycles. The van der Waals surface area contributed by atoms with Crippen LogP contribution in [-0.4, -0.2) is 19.9 Å². The molecule has 0 radical (unpaired) electrons. The van der Waals surface area contributed by atoms with Crippen molar-refractivity contribution in [3.8, 4) is 44.6 Å². The van der Waals surface area contributed by atoms with Gasteiger partial charge in [0.05, 0.1) is 11.9 Å². The van der Waals surface area contributed by atoms with Crippen LogP contribution in [0, 0.1) is 0 Å². The van der Waals surface area contributed by atoms with E-state index in [1.807, 2.05) is 48.8 Å². The summed E-state index contributed by atoms with van der Waals surface area (Å²) in [5, 5.41) is 1.94. The van der Waals surface area contributed by atoms with Crippen LogP contribution in [0.25, 0.3) is 88.8 Å². The molecule has 0 unspecified atom stereocenters. The van der Waals surface area contributed by atoms with Gasteiger partial charge in [-0.15, -0.1) is 0 Å². The molecule has 206 valence electrons. The van der Waals surface area contributed by atoms with E-state index in [4.69, 9.17) is 18.8 Å². The van der Waals surface area contributed by atoms with E-state index in [2.05, 4.69) is 76.7 Å². The zero-order chi connectivity index (χ0) is 29.0. The second kappa shape index (κ2) is 9.71. The van der Waals surface area contributed by atoms with Crippen molar-refractivity contribution >= 4 is 44.1 Å². The van der Waals surface area contributed by atoms with Gasteiger partial charge in [-0.3, -0.25) is 19.9 Å². The molecular formula is C38H22N4O2. The first-order valence-corrected chi connectivity index (χ1v) is 14.4. The molecule has 9 rings (SSSR count). The van der Waals surface area contributed by atoms with E-state index >= 15 is 0 Å². The van der Waals surface area contributed by atoms with Gasteiger partial charge in [0.25, 0.3) is 0 Å². The maximum absolute atomic E-state index is 6.43. The van der Waals surface area contributed by atoms with Gasteiger partial charge in [0.15, 0.2) is 11.2 Å². The molecule has 0 atom stereocenters. The van der Waals surface area contributed by atoms with Crippen molar-refractivity contribution in [3.05, 3.63) is 134 Å². The predicted octanol–water partition coefficient (Wildman–Crippen LogP) is 9.73. The average molecular weight is 567 g/mol. The van der Waals surface area contributed by atoms with E-state index in [9.17, 15) is 0 Å². The highest BCUT2D eigenvalue weighted by atomic mass is 16.3. The molecule has 0 bridgehead atoms. The molecule has 5 heterocycles. The summed E-state index contributed by atoms with van der Waals surface area (Å²) in [4.78, 5) is 18.1. The van der Waals surface area contributed by atoms with Crippen LogP contribution in [0.3, 0.4) is 0 Å². The molecule has 0 amide bonds. The Morgan fingerprint density at radius 3 is 1.68 bits per heavy atom. The zero-order valence-corrected chi connectivity index (χ0v) is 23.3. The number of aromatic nitrogens is 4. The van der Waals surface area contributed by atoms with Crippen LogP contribution in [0.2, 0.25) is 0 Å². The zero-order valence-electron chi connectivity index (χ0n) is 23.3. The lowest BCUT2D eigenvalue weighted by atomic mass is 9.98. The van der Waals surface area contributed by atoms with Gasteiger partial charge in [-0.05, 0) is 70.8 Å². The lowest BCUT2D eigenvalue weighted by molar-refractivity contribution is 0.669. The highest BCUT2D eigenvalue weighted by Gasteiger charge is 2.17. The molecule has 6 nitrogen and oxygen atoms in total. The molecule has 6 heteroatoms. The topological polar surface area (TPSA) is 77.8 Å². The summed E-state index contributed by atoms with van der Waals surface area (Å²) in [6.07, 6.45) is 8.81. The van der Waals surface area contributed by atoms with Gasteiger partial charge in [0.2, 0.25) is 0 Å². The minimum Gasteiger partial charge on any atom is -0.454 e. The Morgan fingerprint density at radius 2 is 1.05 bits per heavy atom. The van der Waals surface area contributed by atoms with Crippen molar-refractivity contribution in [1.82, 2.24) is 19.9 Å². The third kappa shape index (κ3) is 3.89. The third-order valence-electron chi connectivity index (χ3n) is 8.15. The summed E-state index contributed by atoms with van der Waals surface area (Å²) in [7, 11) is 0. The van der Waals surface area contributed by atoms with Gasteiger partial charge < -0.3 is 8.83 Å². The standard InChI is InChI=1S/C38H22N4O2/c1-2-5-23(6-3-1)24-9-11-33-30(20-24)35-37(43-33)28(13-15-41-35)25-7-4-8-26(19-25)29-14-16-42-36-31-21-27(32-22-39-17-18-40-32)10-12-34(31)44-38(29)36/h1-22H. The number of nitrogens with zero attached hydrogens (tertiary/aromatic N) is 4. The summed E-state index contributed by atoms with van der Waals surface area (Å²) in [5.74, 6) is 0. The van der Waals surface area contributed by atoms with E-state index < -0.39 is 0 Å². The van der Waals surface area contributed by atoms with Crippen LogP contribution in [0.15, 0.2) is 143 Å². The van der Waals surface area contributed by atoms with Crippen LogP contribution < -0.4 is 0 Å². The monoisotopic (exact) mass is 566 g/mol. The Balaban J connectivity index is 1.16. The fourth-order valence-corrected chi connectivity index (χ4v) is 6.04. The number of furan rings is 2. The molecule has 0 saturated heterocycles. The van der Waals surface area contributed by atoms with Gasteiger partial charge >= 0.3 is 0 Å². The molecular weight excluding hydrogens is 544 g/mol. The largest absolute Gasteiger partial charge is 0.454 e. The molecule has 5 aromatic heterocycles. The highest BCUT2D eigenvalue weighted by molar-refractivity contribution is 6.10. The normalized spacial score (nSPS) is 11.6. The number of fused-ring (bicyclic) bond motifs is 6. The predicted molar refractivity (Wildman–Crippen MR) is 174 cm³/mol. The highest BCUT2D eigenvalue weighted by Crippen LogP contribution is 2.40. The van der Waals surface area contributed by atoms with Crippen molar-refractivity contribution in [1.29, 1.82) is 0 Å². The van der Waals surface area contributed by atoms with Gasteiger partial charge in [-0.25, -0.2) is 0 Å². The summed E-state index contributed by atoms with van der Waals surface area (Å²) in [5.41, 5.74) is 12.8. The summed E-state index contributed by atoms with van der Waals surface area (Å²) in [6.45, 7) is 0. The number of rotatable bonds is 4. The van der Waals surface area contributed by atoms with Crippen LogP contribution in [0.4, 0.5) is 0 Å². The van der Waals surface area contributed by atoms with Crippen LogP contribution in [0.5, 0.6) is 0 Å². The summed E-state index contributed by atoms with van der Waals surface area (Å²) < 4.78 is 12.8. The second-order valence-corrected chi connectivity index (χ2v) is 10.7. The fourth-order valence-electron chi connectivity index (χ4n) is 6.04. The first kappa shape index (κ1) is 24.5.